The van der Waals surface area contributed by atoms with Crippen LogP contribution in [-0.4, -0.2) is 23.0 Å². The SMILES string of the molecule is CCCc1cc(=O)[nH]c(SCc2ccc(C(=O)Nc3ccc(OC)cc3)cc2)n1. The molecule has 0 aliphatic heterocycles. The molecule has 0 bridgehead atoms. The highest BCUT2D eigenvalue weighted by Gasteiger charge is 2.07. The van der Waals surface area contributed by atoms with Gasteiger partial charge in [0.2, 0.25) is 0 Å². The second-order valence-electron chi connectivity index (χ2n) is 6.46. The highest BCUT2D eigenvalue weighted by molar-refractivity contribution is 7.98. The van der Waals surface area contributed by atoms with Gasteiger partial charge in [0, 0.05) is 28.8 Å². The molecule has 0 spiro atoms. The molecular weight excluding hydrogens is 386 g/mol. The quantitative estimate of drug-likeness (QED) is 0.429. The molecular formula is C22H23N3O3S. The number of carbonyl (C=O) groups excluding carboxylic acids is 1. The molecule has 0 aliphatic rings. The van der Waals surface area contributed by atoms with Gasteiger partial charge in [-0.15, -0.1) is 0 Å². The molecule has 1 aromatic heterocycles. The van der Waals surface area contributed by atoms with Gasteiger partial charge in [0.25, 0.3) is 11.5 Å². The number of hydrogen-bond donors (Lipinski definition) is 2. The van der Waals surface area contributed by atoms with Crippen LogP contribution < -0.4 is 15.6 Å². The number of anilines is 1. The molecule has 6 nitrogen and oxygen atoms in total. The maximum Gasteiger partial charge on any atom is 0.255 e. The van der Waals surface area contributed by atoms with Crippen molar-refractivity contribution < 1.29 is 9.53 Å². The molecule has 150 valence electrons. The van der Waals surface area contributed by atoms with E-state index in [1.165, 1.54) is 11.8 Å². The second kappa shape index (κ2) is 9.93. The minimum Gasteiger partial charge on any atom is -0.497 e. The van der Waals surface area contributed by atoms with Gasteiger partial charge in [0.05, 0.1) is 7.11 Å². The van der Waals surface area contributed by atoms with Gasteiger partial charge in [-0.3, -0.25) is 9.59 Å². The van der Waals surface area contributed by atoms with Gasteiger partial charge in [-0.2, -0.15) is 0 Å². The van der Waals surface area contributed by atoms with E-state index >= 15 is 0 Å². The van der Waals surface area contributed by atoms with Crippen LogP contribution in [0.15, 0.2) is 64.5 Å². The van der Waals surface area contributed by atoms with Crippen LogP contribution in [-0.2, 0) is 12.2 Å². The molecule has 2 aromatic carbocycles. The monoisotopic (exact) mass is 409 g/mol. The van der Waals surface area contributed by atoms with Gasteiger partial charge in [-0.05, 0) is 48.4 Å². The first-order valence-corrected chi connectivity index (χ1v) is 10.3. The van der Waals surface area contributed by atoms with Crippen molar-refractivity contribution in [2.45, 2.75) is 30.7 Å². The average Bonchev–Trinajstić information content (AvgIpc) is 2.73. The Hall–Kier alpha value is -3.06. The number of thioether (sulfide) groups is 1. The van der Waals surface area contributed by atoms with E-state index in [1.54, 1.807) is 49.6 Å². The lowest BCUT2D eigenvalue weighted by molar-refractivity contribution is 0.102. The standard InChI is InChI=1S/C22H23N3O3S/c1-3-4-18-13-20(26)25-22(24-18)29-14-15-5-7-16(8-6-15)21(27)23-17-9-11-19(28-2)12-10-17/h5-13H,3-4,14H2,1-2H3,(H,23,27)(H,24,25,26). The average molecular weight is 410 g/mol. The molecule has 29 heavy (non-hydrogen) atoms. The summed E-state index contributed by atoms with van der Waals surface area (Å²) in [5.74, 6) is 1.22. The van der Waals surface area contributed by atoms with E-state index in [4.69, 9.17) is 4.74 Å². The number of H-pyrrole nitrogens is 1. The summed E-state index contributed by atoms with van der Waals surface area (Å²) in [7, 11) is 1.60. The first-order chi connectivity index (χ1) is 14.1. The Morgan fingerprint density at radius 3 is 2.52 bits per heavy atom. The molecule has 0 saturated heterocycles. The van der Waals surface area contributed by atoms with Gasteiger partial charge in [-0.1, -0.05) is 37.2 Å². The number of amides is 1. The number of ether oxygens (including phenoxy) is 1. The van der Waals surface area contributed by atoms with E-state index in [9.17, 15) is 9.59 Å². The summed E-state index contributed by atoms with van der Waals surface area (Å²) in [6.07, 6.45) is 1.73. The highest BCUT2D eigenvalue weighted by atomic mass is 32.2. The molecule has 3 aromatic rings. The summed E-state index contributed by atoms with van der Waals surface area (Å²) in [4.78, 5) is 31.4. The number of methoxy groups -OCH3 is 1. The molecule has 0 atom stereocenters. The third kappa shape index (κ3) is 5.96. The van der Waals surface area contributed by atoms with E-state index in [1.807, 2.05) is 12.1 Å². The normalized spacial score (nSPS) is 10.6. The Kier molecular flexibility index (Phi) is 7.08. The topological polar surface area (TPSA) is 84.1 Å². The third-order valence-corrected chi connectivity index (χ3v) is 5.16. The van der Waals surface area contributed by atoms with Gasteiger partial charge >= 0.3 is 0 Å². The number of aromatic nitrogens is 2. The van der Waals surface area contributed by atoms with Crippen LogP contribution >= 0.6 is 11.8 Å². The van der Waals surface area contributed by atoms with E-state index in [2.05, 4.69) is 22.2 Å². The Morgan fingerprint density at radius 2 is 1.86 bits per heavy atom. The molecule has 2 N–H and O–H groups in total. The zero-order valence-corrected chi connectivity index (χ0v) is 17.2. The largest absolute Gasteiger partial charge is 0.497 e. The summed E-state index contributed by atoms with van der Waals surface area (Å²) >= 11 is 1.47. The number of aryl methyl sites for hydroxylation is 1. The van der Waals surface area contributed by atoms with Crippen molar-refractivity contribution in [1.82, 2.24) is 9.97 Å². The summed E-state index contributed by atoms with van der Waals surface area (Å²) in [5.41, 5.74) is 3.00. The van der Waals surface area contributed by atoms with E-state index < -0.39 is 0 Å². The fourth-order valence-electron chi connectivity index (χ4n) is 2.72. The fourth-order valence-corrected chi connectivity index (χ4v) is 3.57. The van der Waals surface area contributed by atoms with Crippen molar-refractivity contribution in [1.29, 1.82) is 0 Å². The number of benzene rings is 2. The summed E-state index contributed by atoms with van der Waals surface area (Å²) in [6.45, 7) is 2.06. The molecule has 0 aliphatic carbocycles. The lowest BCUT2D eigenvalue weighted by Crippen LogP contribution is -2.11. The van der Waals surface area contributed by atoms with E-state index in [0.717, 1.165) is 29.8 Å². The van der Waals surface area contributed by atoms with Crippen LogP contribution in [0.1, 0.15) is 35.0 Å². The Labute approximate surface area is 173 Å². The minimum atomic E-state index is -0.173. The van der Waals surface area contributed by atoms with Crippen molar-refractivity contribution in [3.05, 3.63) is 81.8 Å². The van der Waals surface area contributed by atoms with Gasteiger partial charge in [0.15, 0.2) is 5.16 Å². The zero-order valence-electron chi connectivity index (χ0n) is 16.4. The molecule has 1 amide bonds. The molecule has 7 heteroatoms. The minimum absolute atomic E-state index is 0.128. The summed E-state index contributed by atoms with van der Waals surface area (Å²) in [5, 5.41) is 3.48. The third-order valence-electron chi connectivity index (χ3n) is 4.22. The van der Waals surface area contributed by atoms with Gasteiger partial charge in [0.1, 0.15) is 5.75 Å². The molecule has 3 rings (SSSR count). The number of aromatic amines is 1. The lowest BCUT2D eigenvalue weighted by Gasteiger charge is -2.07. The molecule has 0 unspecified atom stereocenters. The van der Waals surface area contributed by atoms with Crippen molar-refractivity contribution in [3.63, 3.8) is 0 Å². The number of nitrogens with zero attached hydrogens (tertiary/aromatic N) is 1. The fraction of sp³-hybridized carbons (Fsp3) is 0.227. The van der Waals surface area contributed by atoms with Crippen molar-refractivity contribution in [2.24, 2.45) is 0 Å². The van der Waals surface area contributed by atoms with Crippen LogP contribution in [0.25, 0.3) is 0 Å². The number of nitrogens with one attached hydrogen (secondary N) is 2. The second-order valence-corrected chi connectivity index (χ2v) is 7.42. The van der Waals surface area contributed by atoms with E-state index in [-0.39, 0.29) is 11.5 Å². The van der Waals surface area contributed by atoms with Crippen LogP contribution in [0.5, 0.6) is 5.75 Å². The van der Waals surface area contributed by atoms with Crippen LogP contribution in [0.2, 0.25) is 0 Å². The lowest BCUT2D eigenvalue weighted by atomic mass is 10.1. The van der Waals surface area contributed by atoms with E-state index in [0.29, 0.717) is 22.2 Å². The van der Waals surface area contributed by atoms with Gasteiger partial charge < -0.3 is 15.0 Å². The number of rotatable bonds is 8. The maximum absolute atomic E-state index is 12.4. The Bertz CT molecular complexity index is 1010. The smallest absolute Gasteiger partial charge is 0.255 e. The molecule has 1 heterocycles. The first-order valence-electron chi connectivity index (χ1n) is 9.34. The zero-order chi connectivity index (χ0) is 20.6. The van der Waals surface area contributed by atoms with Crippen molar-refractivity contribution in [3.8, 4) is 5.75 Å². The number of hydrogen-bond acceptors (Lipinski definition) is 5. The highest BCUT2D eigenvalue weighted by Crippen LogP contribution is 2.20. The van der Waals surface area contributed by atoms with Crippen molar-refractivity contribution in [2.75, 3.05) is 12.4 Å². The van der Waals surface area contributed by atoms with Crippen LogP contribution in [0.4, 0.5) is 5.69 Å². The van der Waals surface area contributed by atoms with Gasteiger partial charge in [-0.25, -0.2) is 4.98 Å². The summed E-state index contributed by atoms with van der Waals surface area (Å²) in [6, 6.07) is 16.1. The first kappa shape index (κ1) is 20.7. The molecule has 0 radical (unpaired) electrons. The Balaban J connectivity index is 1.59. The predicted octanol–water partition coefficient (Wildman–Crippen LogP) is 4.28. The van der Waals surface area contributed by atoms with Crippen LogP contribution in [0.3, 0.4) is 0 Å². The molecule has 0 saturated carbocycles. The molecule has 0 fully saturated rings. The summed E-state index contributed by atoms with van der Waals surface area (Å²) < 4.78 is 5.11. The predicted molar refractivity (Wildman–Crippen MR) is 116 cm³/mol. The van der Waals surface area contributed by atoms with Crippen LogP contribution in [0, 0.1) is 0 Å². The number of carbonyl (C=O) groups is 1. The van der Waals surface area contributed by atoms with Crippen molar-refractivity contribution >= 4 is 23.4 Å². The Morgan fingerprint density at radius 1 is 1.14 bits per heavy atom. The maximum atomic E-state index is 12.4.